The molecule has 0 aliphatic carbocycles. The molecule has 0 unspecified atom stereocenters. The van der Waals surface area contributed by atoms with Crippen molar-refractivity contribution in [2.24, 2.45) is 0 Å². The summed E-state index contributed by atoms with van der Waals surface area (Å²) in [5.74, 6) is -2.14. The minimum atomic E-state index is -0.880. The van der Waals surface area contributed by atoms with Crippen LogP contribution in [0.4, 0.5) is 8.78 Å². The van der Waals surface area contributed by atoms with Gasteiger partial charge in [0.1, 0.15) is 5.82 Å². The maximum absolute atomic E-state index is 13.4. The van der Waals surface area contributed by atoms with Gasteiger partial charge < -0.3 is 9.15 Å². The van der Waals surface area contributed by atoms with E-state index in [0.717, 1.165) is 6.07 Å². The Hall–Kier alpha value is -1.69. The lowest BCUT2D eigenvalue weighted by Gasteiger charge is -2.07. The van der Waals surface area contributed by atoms with Crippen LogP contribution in [-0.2, 0) is 0 Å². The van der Waals surface area contributed by atoms with Crippen LogP contribution in [0.2, 0.25) is 0 Å². The highest BCUT2D eigenvalue weighted by Crippen LogP contribution is 2.29. The number of ketones is 1. The zero-order chi connectivity index (χ0) is 13.1. The van der Waals surface area contributed by atoms with E-state index in [2.05, 4.69) is 15.9 Å². The zero-order valence-corrected chi connectivity index (χ0v) is 10.5. The van der Waals surface area contributed by atoms with Crippen molar-refractivity contribution in [1.82, 2.24) is 0 Å². The first-order valence-electron chi connectivity index (χ1n) is 4.92. The summed E-state index contributed by atoms with van der Waals surface area (Å²) in [6, 6.07) is 4.76. The smallest absolute Gasteiger partial charge is 0.235 e. The molecule has 0 N–H and O–H groups in total. The number of carbonyl (C=O) groups excluding carboxylic acids is 1. The minimum Gasteiger partial charge on any atom is -0.481 e. The third-order valence-electron chi connectivity index (χ3n) is 2.11. The van der Waals surface area contributed by atoms with Gasteiger partial charge in [-0.15, -0.1) is 0 Å². The molecule has 0 saturated carbocycles. The molecule has 0 saturated heterocycles. The van der Waals surface area contributed by atoms with Crippen molar-refractivity contribution >= 4 is 21.7 Å². The Kier molecular flexibility index (Phi) is 3.76. The van der Waals surface area contributed by atoms with Crippen LogP contribution >= 0.6 is 15.9 Å². The number of halogens is 3. The molecular formula is C12H7BrF2O3. The highest BCUT2D eigenvalue weighted by molar-refractivity contribution is 9.10. The highest BCUT2D eigenvalue weighted by Gasteiger charge is 2.15. The molecule has 1 aromatic carbocycles. The Morgan fingerprint density at radius 2 is 2.17 bits per heavy atom. The molecule has 1 aromatic heterocycles. The molecule has 0 bridgehead atoms. The fraction of sp³-hybridized carbons (Fsp3) is 0.0833. The first kappa shape index (κ1) is 12.8. The van der Waals surface area contributed by atoms with E-state index in [9.17, 15) is 13.6 Å². The average molecular weight is 317 g/mol. The van der Waals surface area contributed by atoms with Gasteiger partial charge in [-0.25, -0.2) is 8.78 Å². The van der Waals surface area contributed by atoms with Gasteiger partial charge >= 0.3 is 0 Å². The minimum absolute atomic E-state index is 0.104. The number of hydrogen-bond acceptors (Lipinski definition) is 3. The topological polar surface area (TPSA) is 39.4 Å². The number of ether oxygens (including phenoxy) is 1. The lowest BCUT2D eigenvalue weighted by Crippen LogP contribution is -2.11. The van der Waals surface area contributed by atoms with Crippen LogP contribution in [0.15, 0.2) is 39.4 Å². The van der Waals surface area contributed by atoms with Gasteiger partial charge in [0.05, 0.1) is 10.7 Å². The number of carbonyl (C=O) groups is 1. The monoisotopic (exact) mass is 316 g/mol. The normalized spacial score (nSPS) is 10.4. The average Bonchev–Trinajstić information content (AvgIpc) is 2.80. The van der Waals surface area contributed by atoms with Gasteiger partial charge in [-0.1, -0.05) is 0 Å². The van der Waals surface area contributed by atoms with E-state index in [1.54, 1.807) is 6.07 Å². The SMILES string of the molecule is O=C(COc1c(F)cc(F)cc1Br)c1ccco1. The van der Waals surface area contributed by atoms with Gasteiger partial charge in [-0.05, 0) is 34.1 Å². The largest absolute Gasteiger partial charge is 0.481 e. The lowest BCUT2D eigenvalue weighted by atomic mass is 10.3. The van der Waals surface area contributed by atoms with Gasteiger partial charge in [-0.3, -0.25) is 4.79 Å². The summed E-state index contributed by atoms with van der Waals surface area (Å²) in [5.41, 5.74) is 0. The van der Waals surface area contributed by atoms with E-state index in [0.29, 0.717) is 6.07 Å². The van der Waals surface area contributed by atoms with Gasteiger partial charge in [0, 0.05) is 6.07 Å². The van der Waals surface area contributed by atoms with E-state index < -0.39 is 24.0 Å². The Bertz CT molecular complexity index is 544. The van der Waals surface area contributed by atoms with Crippen molar-refractivity contribution in [2.75, 3.05) is 6.61 Å². The zero-order valence-electron chi connectivity index (χ0n) is 8.95. The number of furan rings is 1. The molecule has 0 aliphatic heterocycles. The summed E-state index contributed by atoms with van der Waals surface area (Å²) < 4.78 is 36.2. The quantitative estimate of drug-likeness (QED) is 0.809. The standard InChI is InChI=1S/C12H7BrF2O3/c13-8-4-7(14)5-9(15)12(8)18-6-10(16)11-2-1-3-17-11/h1-5H,6H2. The molecular weight excluding hydrogens is 310 g/mol. The van der Waals surface area contributed by atoms with Crippen LogP contribution in [0.3, 0.4) is 0 Å². The lowest BCUT2D eigenvalue weighted by molar-refractivity contribution is 0.0890. The van der Waals surface area contributed by atoms with Crippen LogP contribution < -0.4 is 4.74 Å². The van der Waals surface area contributed by atoms with Gasteiger partial charge in [0.25, 0.3) is 0 Å². The molecule has 0 amide bonds. The molecule has 2 rings (SSSR count). The highest BCUT2D eigenvalue weighted by atomic mass is 79.9. The summed E-state index contributed by atoms with van der Waals surface area (Å²) in [6.45, 7) is -0.394. The third-order valence-corrected chi connectivity index (χ3v) is 2.70. The Balaban J connectivity index is 2.09. The molecule has 1 heterocycles. The fourth-order valence-electron chi connectivity index (χ4n) is 1.31. The number of benzene rings is 1. The van der Waals surface area contributed by atoms with Crippen molar-refractivity contribution in [2.45, 2.75) is 0 Å². The molecule has 0 atom stereocenters. The number of rotatable bonds is 4. The van der Waals surface area contributed by atoms with Gasteiger partial charge in [0.15, 0.2) is 23.9 Å². The van der Waals surface area contributed by atoms with E-state index >= 15 is 0 Å². The van der Waals surface area contributed by atoms with Crippen LogP contribution in [0, 0.1) is 11.6 Å². The maximum Gasteiger partial charge on any atom is 0.235 e. The first-order chi connectivity index (χ1) is 8.58. The molecule has 3 nitrogen and oxygen atoms in total. The van der Waals surface area contributed by atoms with Gasteiger partial charge in [-0.2, -0.15) is 0 Å². The van der Waals surface area contributed by atoms with Gasteiger partial charge in [0.2, 0.25) is 5.78 Å². The number of Topliss-reactive ketones (excluding diaryl/α,β-unsaturated/α-hetero) is 1. The van der Waals surface area contributed by atoms with Crippen molar-refractivity contribution in [3.8, 4) is 5.75 Å². The molecule has 0 aliphatic rings. The Morgan fingerprint density at radius 1 is 1.39 bits per heavy atom. The summed E-state index contributed by atoms with van der Waals surface area (Å²) >= 11 is 2.96. The molecule has 0 radical (unpaired) electrons. The second-order valence-electron chi connectivity index (χ2n) is 3.39. The van der Waals surface area contributed by atoms with Crippen molar-refractivity contribution < 1.29 is 22.7 Å². The molecule has 6 heteroatoms. The molecule has 0 fully saturated rings. The maximum atomic E-state index is 13.4. The van der Waals surface area contributed by atoms with Crippen LogP contribution in [0.5, 0.6) is 5.75 Å². The van der Waals surface area contributed by atoms with Crippen LogP contribution in [-0.4, -0.2) is 12.4 Å². The second kappa shape index (κ2) is 5.30. The Labute approximate surface area is 109 Å². The summed E-state index contributed by atoms with van der Waals surface area (Å²) in [5, 5.41) is 0. The van der Waals surface area contributed by atoms with E-state index in [-0.39, 0.29) is 16.0 Å². The second-order valence-corrected chi connectivity index (χ2v) is 4.24. The molecule has 18 heavy (non-hydrogen) atoms. The van der Waals surface area contributed by atoms with Crippen LogP contribution in [0.25, 0.3) is 0 Å². The molecule has 0 spiro atoms. The first-order valence-corrected chi connectivity index (χ1v) is 5.71. The molecule has 94 valence electrons. The summed E-state index contributed by atoms with van der Waals surface area (Å²) in [6.07, 6.45) is 1.35. The molecule has 2 aromatic rings. The predicted molar refractivity (Wildman–Crippen MR) is 62.6 cm³/mol. The Morgan fingerprint density at radius 3 is 2.78 bits per heavy atom. The van der Waals surface area contributed by atoms with E-state index in [1.807, 2.05) is 0 Å². The third kappa shape index (κ3) is 2.76. The summed E-state index contributed by atoms with van der Waals surface area (Å²) in [4.78, 5) is 11.5. The van der Waals surface area contributed by atoms with E-state index in [1.165, 1.54) is 12.3 Å². The predicted octanol–water partition coefficient (Wildman–Crippen LogP) is 3.58. The summed E-state index contributed by atoms with van der Waals surface area (Å²) in [7, 11) is 0. The van der Waals surface area contributed by atoms with Crippen molar-refractivity contribution in [3.63, 3.8) is 0 Å². The van der Waals surface area contributed by atoms with E-state index in [4.69, 9.17) is 9.15 Å². The van der Waals surface area contributed by atoms with Crippen molar-refractivity contribution in [1.29, 1.82) is 0 Å². The fourth-order valence-corrected chi connectivity index (χ4v) is 1.84. The number of hydrogen-bond donors (Lipinski definition) is 0. The van der Waals surface area contributed by atoms with Crippen molar-refractivity contribution in [3.05, 3.63) is 52.4 Å². The van der Waals surface area contributed by atoms with Crippen LogP contribution in [0.1, 0.15) is 10.6 Å².